The molecule has 0 fully saturated rings. The van der Waals surface area contributed by atoms with Gasteiger partial charge in [0.2, 0.25) is 0 Å². The lowest BCUT2D eigenvalue weighted by Crippen LogP contribution is -2.33. The van der Waals surface area contributed by atoms with E-state index in [2.05, 4.69) is 5.10 Å². The lowest BCUT2D eigenvalue weighted by Gasteiger charge is -2.18. The van der Waals surface area contributed by atoms with Crippen molar-refractivity contribution in [3.8, 4) is 5.75 Å². The van der Waals surface area contributed by atoms with Crippen molar-refractivity contribution >= 4 is 17.4 Å². The number of Topliss-reactive ketones (excluding diaryl/α,β-unsaturated/α-hetero) is 1. The minimum Gasteiger partial charge on any atom is -0.497 e. The number of carbonyl (C=O) groups is 2. The molecule has 0 atom stereocenters. The fourth-order valence-electron chi connectivity index (χ4n) is 1.55. The van der Waals surface area contributed by atoms with Gasteiger partial charge in [0, 0.05) is 11.0 Å². The van der Waals surface area contributed by atoms with Crippen molar-refractivity contribution in [3.05, 3.63) is 29.8 Å². The highest BCUT2D eigenvalue weighted by molar-refractivity contribution is 6.07. The zero-order valence-corrected chi connectivity index (χ0v) is 13.8. The third kappa shape index (κ3) is 5.68. The lowest BCUT2D eigenvalue weighted by atomic mass is 9.88. The molecule has 0 radical (unpaired) electrons. The Morgan fingerprint density at radius 2 is 1.67 bits per heavy atom. The fraction of sp³-hybridized carbons (Fsp3) is 0.438. The predicted octanol–water partition coefficient (Wildman–Crippen LogP) is 3.35. The molecule has 132 valence electrons. The number of hydrogen-bond acceptors (Lipinski definition) is 4. The first-order chi connectivity index (χ1) is 10.9. The van der Waals surface area contributed by atoms with E-state index in [1.807, 2.05) is 5.43 Å². The first-order valence-corrected chi connectivity index (χ1v) is 7.06. The van der Waals surface area contributed by atoms with Gasteiger partial charge in [-0.05, 0) is 24.3 Å². The van der Waals surface area contributed by atoms with E-state index in [0.717, 1.165) is 0 Å². The van der Waals surface area contributed by atoms with Crippen LogP contribution in [0.1, 0.15) is 37.6 Å². The summed E-state index contributed by atoms with van der Waals surface area (Å²) in [7, 11) is 1.45. The number of methoxy groups -OCH3 is 1. The summed E-state index contributed by atoms with van der Waals surface area (Å²) in [6.45, 7) is 4.54. The molecule has 0 aliphatic heterocycles. The Balaban J connectivity index is 2.91. The summed E-state index contributed by atoms with van der Waals surface area (Å²) in [5.74, 6) is -0.943. The fourth-order valence-corrected chi connectivity index (χ4v) is 1.55. The number of hydrazone groups is 1. The number of alkyl halides is 3. The van der Waals surface area contributed by atoms with Gasteiger partial charge < -0.3 is 4.74 Å². The second kappa shape index (κ2) is 7.46. The molecule has 1 aromatic carbocycles. The van der Waals surface area contributed by atoms with Gasteiger partial charge in [-0.3, -0.25) is 9.59 Å². The Hall–Kier alpha value is -2.38. The molecule has 1 aromatic rings. The van der Waals surface area contributed by atoms with Crippen molar-refractivity contribution in [2.75, 3.05) is 7.11 Å². The molecule has 0 spiro atoms. The molecule has 5 nitrogen and oxygen atoms in total. The van der Waals surface area contributed by atoms with E-state index >= 15 is 0 Å². The Morgan fingerprint density at radius 3 is 2.08 bits per heavy atom. The first-order valence-electron chi connectivity index (χ1n) is 7.06. The van der Waals surface area contributed by atoms with Crippen LogP contribution in [0.5, 0.6) is 5.75 Å². The van der Waals surface area contributed by atoms with Gasteiger partial charge in [-0.1, -0.05) is 20.8 Å². The van der Waals surface area contributed by atoms with E-state index in [0.29, 0.717) is 5.75 Å². The van der Waals surface area contributed by atoms with Gasteiger partial charge in [-0.15, -0.1) is 0 Å². The summed E-state index contributed by atoms with van der Waals surface area (Å²) in [6, 6.07) is 5.76. The van der Waals surface area contributed by atoms with Crippen molar-refractivity contribution in [1.82, 2.24) is 5.43 Å². The van der Waals surface area contributed by atoms with Gasteiger partial charge in [0.1, 0.15) is 17.2 Å². The van der Waals surface area contributed by atoms with Gasteiger partial charge in [0.05, 0.1) is 13.5 Å². The first kappa shape index (κ1) is 19.7. The number of amides is 1. The maximum Gasteiger partial charge on any atom is 0.431 e. The number of hydrogen-bond donors (Lipinski definition) is 1. The molecule has 24 heavy (non-hydrogen) atoms. The smallest absolute Gasteiger partial charge is 0.431 e. The van der Waals surface area contributed by atoms with Gasteiger partial charge in [-0.25, -0.2) is 5.43 Å². The van der Waals surface area contributed by atoms with E-state index in [4.69, 9.17) is 4.74 Å². The maximum absolute atomic E-state index is 13.0. The van der Waals surface area contributed by atoms with Gasteiger partial charge in [0.15, 0.2) is 0 Å². The molecule has 0 aliphatic carbocycles. The van der Waals surface area contributed by atoms with E-state index in [9.17, 15) is 22.8 Å². The van der Waals surface area contributed by atoms with Crippen LogP contribution in [0.25, 0.3) is 0 Å². The average molecular weight is 344 g/mol. The number of benzene rings is 1. The molecular formula is C16H19F3N2O3. The molecule has 0 saturated heterocycles. The zero-order valence-electron chi connectivity index (χ0n) is 13.8. The molecule has 0 aliphatic rings. The van der Waals surface area contributed by atoms with E-state index in [1.165, 1.54) is 52.1 Å². The standard InChI is InChI=1S/C16H19F3N2O3/c1-15(2,3)13(22)9-12(16(17,18)19)20-21-14(23)10-5-7-11(24-4)8-6-10/h5-8H,9H2,1-4H3,(H,21,23). The molecule has 1 N–H and O–H groups in total. The minimum absolute atomic E-state index is 0.114. The highest BCUT2D eigenvalue weighted by atomic mass is 19.4. The van der Waals surface area contributed by atoms with Crippen molar-refractivity contribution in [2.45, 2.75) is 33.4 Å². The second-order valence-corrected chi connectivity index (χ2v) is 6.08. The van der Waals surface area contributed by atoms with Crippen molar-refractivity contribution in [1.29, 1.82) is 0 Å². The summed E-state index contributed by atoms with van der Waals surface area (Å²) < 4.78 is 43.8. The van der Waals surface area contributed by atoms with Crippen LogP contribution >= 0.6 is 0 Å². The second-order valence-electron chi connectivity index (χ2n) is 6.08. The van der Waals surface area contributed by atoms with Crippen LogP contribution in [0.4, 0.5) is 13.2 Å². The van der Waals surface area contributed by atoms with Crippen molar-refractivity contribution in [2.24, 2.45) is 10.5 Å². The van der Waals surface area contributed by atoms with Crippen molar-refractivity contribution in [3.63, 3.8) is 0 Å². The molecule has 1 amide bonds. The van der Waals surface area contributed by atoms with Crippen molar-refractivity contribution < 1.29 is 27.5 Å². The summed E-state index contributed by atoms with van der Waals surface area (Å²) in [4.78, 5) is 23.6. The molecule has 1 rings (SSSR count). The molecule has 0 bridgehead atoms. The van der Waals surface area contributed by atoms with Crippen LogP contribution in [-0.4, -0.2) is 30.7 Å². The van der Waals surface area contributed by atoms with Crippen LogP contribution in [0.15, 0.2) is 29.4 Å². The van der Waals surface area contributed by atoms with Gasteiger partial charge in [-0.2, -0.15) is 18.3 Å². The van der Waals surface area contributed by atoms with E-state index < -0.39 is 35.4 Å². The molecule has 8 heteroatoms. The molecule has 0 heterocycles. The Labute approximate surface area is 137 Å². The SMILES string of the molecule is COc1ccc(C(=O)NN=C(CC(=O)C(C)(C)C)C(F)(F)F)cc1. The zero-order chi connectivity index (χ0) is 18.5. The summed E-state index contributed by atoms with van der Waals surface area (Å²) in [5, 5.41) is 3.11. The van der Waals surface area contributed by atoms with Crippen LogP contribution < -0.4 is 10.2 Å². The normalized spacial score (nSPS) is 12.7. The number of carbonyl (C=O) groups excluding carboxylic acids is 2. The Kier molecular flexibility index (Phi) is 6.11. The monoisotopic (exact) mass is 344 g/mol. The highest BCUT2D eigenvalue weighted by Gasteiger charge is 2.39. The number of halogens is 3. The average Bonchev–Trinajstić information content (AvgIpc) is 2.48. The predicted molar refractivity (Wildman–Crippen MR) is 83.0 cm³/mol. The van der Waals surface area contributed by atoms with Crippen LogP contribution in [0.3, 0.4) is 0 Å². The van der Waals surface area contributed by atoms with E-state index in [1.54, 1.807) is 0 Å². The van der Waals surface area contributed by atoms with Gasteiger partial charge >= 0.3 is 6.18 Å². The Morgan fingerprint density at radius 1 is 1.12 bits per heavy atom. The minimum atomic E-state index is -4.81. The van der Waals surface area contributed by atoms with E-state index in [-0.39, 0.29) is 5.56 Å². The number of nitrogens with zero attached hydrogens (tertiary/aromatic N) is 1. The van der Waals surface area contributed by atoms with Gasteiger partial charge in [0.25, 0.3) is 5.91 Å². The molecule has 0 saturated carbocycles. The Bertz CT molecular complexity index is 629. The largest absolute Gasteiger partial charge is 0.497 e. The highest BCUT2D eigenvalue weighted by Crippen LogP contribution is 2.24. The van der Waals surface area contributed by atoms with Crippen LogP contribution in [0.2, 0.25) is 0 Å². The third-order valence-electron chi connectivity index (χ3n) is 3.14. The summed E-state index contributed by atoms with van der Waals surface area (Å²) >= 11 is 0. The number of nitrogens with one attached hydrogen (secondary N) is 1. The number of rotatable bonds is 5. The molecular weight excluding hydrogens is 325 g/mol. The quantitative estimate of drug-likeness (QED) is 0.658. The summed E-state index contributed by atoms with van der Waals surface area (Å²) in [5.41, 5.74) is -0.332. The van der Waals surface area contributed by atoms with Crippen LogP contribution in [0, 0.1) is 5.41 Å². The molecule has 0 unspecified atom stereocenters. The third-order valence-corrected chi connectivity index (χ3v) is 3.14. The topological polar surface area (TPSA) is 67.8 Å². The number of ketones is 1. The molecule has 0 aromatic heterocycles. The lowest BCUT2D eigenvalue weighted by molar-refractivity contribution is -0.126. The van der Waals surface area contributed by atoms with Crippen LogP contribution in [-0.2, 0) is 4.79 Å². The number of ether oxygens (including phenoxy) is 1. The summed E-state index contributed by atoms with van der Waals surface area (Å²) in [6.07, 6.45) is -5.72. The maximum atomic E-state index is 13.0.